The second kappa shape index (κ2) is 3.99. The van der Waals surface area contributed by atoms with E-state index in [4.69, 9.17) is 5.26 Å². The van der Waals surface area contributed by atoms with Crippen LogP contribution in [0.2, 0.25) is 0 Å². The summed E-state index contributed by atoms with van der Waals surface area (Å²) in [6.45, 7) is 1.70. The first kappa shape index (κ1) is 10.1. The van der Waals surface area contributed by atoms with E-state index in [9.17, 15) is 4.79 Å². The molecular formula is C12H9N3O. The molecule has 0 amide bonds. The maximum atomic E-state index is 11.9. The Morgan fingerprint density at radius 2 is 2.00 bits per heavy atom. The lowest BCUT2D eigenvalue weighted by atomic mass is 10.2. The van der Waals surface area contributed by atoms with Gasteiger partial charge in [-0.15, -0.1) is 0 Å². The van der Waals surface area contributed by atoms with Crippen molar-refractivity contribution in [3.63, 3.8) is 0 Å². The van der Waals surface area contributed by atoms with Crippen LogP contribution >= 0.6 is 0 Å². The minimum atomic E-state index is -0.381. The smallest absolute Gasteiger partial charge is 0.266 e. The van der Waals surface area contributed by atoms with Crippen molar-refractivity contribution in [3.05, 3.63) is 58.0 Å². The standard InChI is InChI=1S/C12H9N3O/c1-9-8-14-15(12(16)11(9)7-13)10-5-3-2-4-6-10/h2-6,8H,1H3. The molecule has 16 heavy (non-hydrogen) atoms. The van der Waals surface area contributed by atoms with Gasteiger partial charge in [-0.25, -0.2) is 0 Å². The molecule has 78 valence electrons. The van der Waals surface area contributed by atoms with Crippen LogP contribution in [-0.2, 0) is 0 Å². The number of aryl methyl sites for hydroxylation is 1. The van der Waals surface area contributed by atoms with E-state index in [2.05, 4.69) is 5.10 Å². The van der Waals surface area contributed by atoms with Crippen LogP contribution in [0, 0.1) is 18.3 Å². The zero-order valence-electron chi connectivity index (χ0n) is 8.71. The highest BCUT2D eigenvalue weighted by Crippen LogP contribution is 2.04. The SMILES string of the molecule is Cc1cnn(-c2ccccc2)c(=O)c1C#N. The fourth-order valence-corrected chi connectivity index (χ4v) is 1.43. The van der Waals surface area contributed by atoms with Crippen LogP contribution < -0.4 is 5.56 Å². The van der Waals surface area contributed by atoms with Gasteiger partial charge in [-0.05, 0) is 24.6 Å². The Bertz CT molecular complexity index is 608. The van der Waals surface area contributed by atoms with Gasteiger partial charge in [0.05, 0.1) is 11.9 Å². The second-order valence-corrected chi connectivity index (χ2v) is 3.37. The van der Waals surface area contributed by atoms with Gasteiger partial charge in [0.25, 0.3) is 5.56 Å². The van der Waals surface area contributed by atoms with Gasteiger partial charge in [0.1, 0.15) is 11.6 Å². The van der Waals surface area contributed by atoms with Gasteiger partial charge in [-0.3, -0.25) is 4.79 Å². The van der Waals surface area contributed by atoms with E-state index in [0.717, 1.165) is 0 Å². The van der Waals surface area contributed by atoms with E-state index in [1.807, 2.05) is 24.3 Å². The maximum Gasteiger partial charge on any atom is 0.289 e. The molecule has 0 atom stereocenters. The Morgan fingerprint density at radius 3 is 2.62 bits per heavy atom. The predicted octanol–water partition coefficient (Wildman–Crippen LogP) is 1.41. The molecule has 2 aromatic rings. The van der Waals surface area contributed by atoms with Crippen molar-refractivity contribution in [2.24, 2.45) is 0 Å². The van der Waals surface area contributed by atoms with Crippen molar-refractivity contribution in [2.75, 3.05) is 0 Å². The first-order valence-electron chi connectivity index (χ1n) is 4.78. The van der Waals surface area contributed by atoms with Crippen LogP contribution in [-0.4, -0.2) is 9.78 Å². The third kappa shape index (κ3) is 1.59. The third-order valence-corrected chi connectivity index (χ3v) is 2.28. The molecule has 0 N–H and O–H groups in total. The normalized spacial score (nSPS) is 9.75. The Morgan fingerprint density at radius 1 is 1.31 bits per heavy atom. The van der Waals surface area contributed by atoms with Gasteiger partial charge in [-0.1, -0.05) is 18.2 Å². The van der Waals surface area contributed by atoms with Crippen molar-refractivity contribution < 1.29 is 0 Å². The molecule has 1 aromatic heterocycles. The second-order valence-electron chi connectivity index (χ2n) is 3.37. The molecule has 0 bridgehead atoms. The highest BCUT2D eigenvalue weighted by atomic mass is 16.1. The molecular weight excluding hydrogens is 202 g/mol. The van der Waals surface area contributed by atoms with Crippen LogP contribution in [0.3, 0.4) is 0 Å². The summed E-state index contributed by atoms with van der Waals surface area (Å²) in [4.78, 5) is 11.9. The van der Waals surface area contributed by atoms with E-state index in [1.165, 1.54) is 10.9 Å². The van der Waals surface area contributed by atoms with Crippen LogP contribution in [0.5, 0.6) is 0 Å². The average Bonchev–Trinajstić information content (AvgIpc) is 2.31. The Hall–Kier alpha value is -2.41. The van der Waals surface area contributed by atoms with Gasteiger partial charge in [-0.2, -0.15) is 15.0 Å². The largest absolute Gasteiger partial charge is 0.289 e. The zero-order chi connectivity index (χ0) is 11.5. The van der Waals surface area contributed by atoms with E-state index in [-0.39, 0.29) is 11.1 Å². The lowest BCUT2D eigenvalue weighted by Crippen LogP contribution is -2.24. The highest BCUT2D eigenvalue weighted by Gasteiger charge is 2.08. The summed E-state index contributed by atoms with van der Waals surface area (Å²) in [6, 6.07) is 10.9. The monoisotopic (exact) mass is 211 g/mol. The number of hydrogen-bond acceptors (Lipinski definition) is 3. The molecule has 0 aliphatic rings. The van der Waals surface area contributed by atoms with Gasteiger partial charge in [0.15, 0.2) is 0 Å². The Labute approximate surface area is 92.4 Å². The fourth-order valence-electron chi connectivity index (χ4n) is 1.43. The summed E-state index contributed by atoms with van der Waals surface area (Å²) in [6.07, 6.45) is 1.52. The Kier molecular flexibility index (Phi) is 2.52. The number of para-hydroxylation sites is 1. The molecule has 0 fully saturated rings. The van der Waals surface area contributed by atoms with Crippen LogP contribution in [0.4, 0.5) is 0 Å². The first-order chi connectivity index (χ1) is 7.74. The number of nitrogens with zero attached hydrogens (tertiary/aromatic N) is 3. The third-order valence-electron chi connectivity index (χ3n) is 2.28. The van der Waals surface area contributed by atoms with E-state index in [0.29, 0.717) is 11.3 Å². The lowest BCUT2D eigenvalue weighted by molar-refractivity contribution is 0.796. The van der Waals surface area contributed by atoms with Gasteiger partial charge >= 0.3 is 0 Å². The van der Waals surface area contributed by atoms with E-state index < -0.39 is 0 Å². The van der Waals surface area contributed by atoms with Crippen LogP contribution in [0.15, 0.2) is 41.3 Å². The summed E-state index contributed by atoms with van der Waals surface area (Å²) in [5, 5.41) is 12.9. The molecule has 1 aromatic carbocycles. The lowest BCUT2D eigenvalue weighted by Gasteiger charge is -2.04. The molecule has 2 rings (SSSR count). The van der Waals surface area contributed by atoms with Crippen molar-refractivity contribution in [3.8, 4) is 11.8 Å². The van der Waals surface area contributed by atoms with Crippen molar-refractivity contribution in [2.45, 2.75) is 6.92 Å². The fraction of sp³-hybridized carbons (Fsp3) is 0.0833. The number of benzene rings is 1. The quantitative estimate of drug-likeness (QED) is 0.716. The predicted molar refractivity (Wildman–Crippen MR) is 59.3 cm³/mol. The molecule has 4 heteroatoms. The molecule has 0 radical (unpaired) electrons. The number of hydrogen-bond donors (Lipinski definition) is 0. The van der Waals surface area contributed by atoms with Crippen molar-refractivity contribution in [1.29, 1.82) is 5.26 Å². The molecule has 1 heterocycles. The number of nitriles is 1. The maximum absolute atomic E-state index is 11.9. The summed E-state index contributed by atoms with van der Waals surface area (Å²) in [5.74, 6) is 0. The molecule has 0 aliphatic heterocycles. The van der Waals surface area contributed by atoms with Crippen molar-refractivity contribution in [1.82, 2.24) is 9.78 Å². The molecule has 0 saturated carbocycles. The van der Waals surface area contributed by atoms with Crippen LogP contribution in [0.1, 0.15) is 11.1 Å². The van der Waals surface area contributed by atoms with Crippen molar-refractivity contribution >= 4 is 0 Å². The zero-order valence-corrected chi connectivity index (χ0v) is 8.71. The summed E-state index contributed by atoms with van der Waals surface area (Å²) >= 11 is 0. The number of rotatable bonds is 1. The molecule has 0 aliphatic carbocycles. The van der Waals surface area contributed by atoms with E-state index >= 15 is 0 Å². The molecule has 4 nitrogen and oxygen atoms in total. The van der Waals surface area contributed by atoms with Gasteiger partial charge < -0.3 is 0 Å². The van der Waals surface area contributed by atoms with Crippen LogP contribution in [0.25, 0.3) is 5.69 Å². The van der Waals surface area contributed by atoms with Gasteiger partial charge in [0, 0.05) is 0 Å². The summed E-state index contributed by atoms with van der Waals surface area (Å²) < 4.78 is 1.23. The molecule has 0 saturated heterocycles. The van der Waals surface area contributed by atoms with E-state index in [1.54, 1.807) is 19.1 Å². The highest BCUT2D eigenvalue weighted by molar-refractivity contribution is 5.37. The minimum Gasteiger partial charge on any atom is -0.266 e. The summed E-state index contributed by atoms with van der Waals surface area (Å²) in [7, 11) is 0. The Balaban J connectivity index is 2.71. The minimum absolute atomic E-state index is 0.138. The molecule has 0 spiro atoms. The number of aromatic nitrogens is 2. The van der Waals surface area contributed by atoms with Gasteiger partial charge in [0.2, 0.25) is 0 Å². The average molecular weight is 211 g/mol. The molecule has 0 unspecified atom stereocenters. The topological polar surface area (TPSA) is 58.7 Å². The summed E-state index contributed by atoms with van der Waals surface area (Å²) in [5.41, 5.74) is 1.01. The first-order valence-corrected chi connectivity index (χ1v) is 4.78.